The fraction of sp³-hybridized carbons (Fsp3) is 0.438. The van der Waals surface area contributed by atoms with Crippen LogP contribution in [-0.4, -0.2) is 22.9 Å². The molecular weight excluding hydrogens is 266 g/mol. The number of aromatic nitrogens is 2. The van der Waals surface area contributed by atoms with Crippen LogP contribution >= 0.6 is 0 Å². The van der Waals surface area contributed by atoms with Gasteiger partial charge >= 0.3 is 0 Å². The van der Waals surface area contributed by atoms with Crippen LogP contribution < -0.4 is 14.8 Å². The second-order valence-corrected chi connectivity index (χ2v) is 5.28. The van der Waals surface area contributed by atoms with E-state index in [-0.39, 0.29) is 0 Å². The van der Waals surface area contributed by atoms with Crippen LogP contribution in [0, 0.1) is 0 Å². The van der Waals surface area contributed by atoms with Crippen LogP contribution in [0.3, 0.4) is 0 Å². The Kier molecular flexibility index (Phi) is 5.22. The third kappa shape index (κ3) is 4.49. The number of methoxy groups -OCH3 is 1. The first-order valence-corrected chi connectivity index (χ1v) is 7.10. The van der Waals surface area contributed by atoms with Crippen molar-refractivity contribution in [2.75, 3.05) is 7.11 Å². The highest BCUT2D eigenvalue weighted by atomic mass is 16.5. The van der Waals surface area contributed by atoms with Crippen LogP contribution in [0.5, 0.6) is 11.5 Å². The van der Waals surface area contributed by atoms with Crippen molar-refractivity contribution < 1.29 is 9.47 Å². The number of ether oxygens (including phenoxy) is 2. The fourth-order valence-corrected chi connectivity index (χ4v) is 1.95. The monoisotopic (exact) mass is 289 g/mol. The average Bonchev–Trinajstić information content (AvgIpc) is 2.88. The molecule has 5 nitrogen and oxygen atoms in total. The fourth-order valence-electron chi connectivity index (χ4n) is 1.95. The van der Waals surface area contributed by atoms with Gasteiger partial charge in [0.05, 0.1) is 12.8 Å². The molecule has 0 radical (unpaired) electrons. The molecule has 0 unspecified atom stereocenters. The van der Waals surface area contributed by atoms with Crippen LogP contribution in [0.4, 0.5) is 0 Å². The SMILES string of the molecule is COc1ccc(CNC(C)C)c(OCc2ccn(C)n2)c1. The lowest BCUT2D eigenvalue weighted by atomic mass is 10.2. The van der Waals surface area contributed by atoms with Crippen molar-refractivity contribution in [3.63, 3.8) is 0 Å². The Morgan fingerprint density at radius 2 is 2.10 bits per heavy atom. The number of nitrogens with zero attached hydrogens (tertiary/aromatic N) is 2. The number of benzene rings is 1. The average molecular weight is 289 g/mol. The van der Waals surface area contributed by atoms with Crippen molar-refractivity contribution in [2.24, 2.45) is 7.05 Å². The zero-order valence-corrected chi connectivity index (χ0v) is 13.1. The maximum atomic E-state index is 5.92. The van der Waals surface area contributed by atoms with Crippen molar-refractivity contribution in [1.29, 1.82) is 0 Å². The zero-order chi connectivity index (χ0) is 15.2. The van der Waals surface area contributed by atoms with Crippen LogP contribution in [0.15, 0.2) is 30.5 Å². The molecule has 1 N–H and O–H groups in total. The first-order chi connectivity index (χ1) is 10.1. The molecule has 0 saturated heterocycles. The van der Waals surface area contributed by atoms with Gasteiger partial charge in [0.1, 0.15) is 18.1 Å². The van der Waals surface area contributed by atoms with Crippen LogP contribution in [-0.2, 0) is 20.2 Å². The number of hydrogen-bond donors (Lipinski definition) is 1. The molecular formula is C16H23N3O2. The summed E-state index contributed by atoms with van der Waals surface area (Å²) in [5.74, 6) is 1.62. The van der Waals surface area contributed by atoms with Crippen molar-refractivity contribution in [2.45, 2.75) is 33.0 Å². The van der Waals surface area contributed by atoms with Gasteiger partial charge in [-0.2, -0.15) is 5.10 Å². The van der Waals surface area contributed by atoms with E-state index in [1.807, 2.05) is 37.5 Å². The molecule has 114 valence electrons. The first kappa shape index (κ1) is 15.4. The molecule has 0 spiro atoms. The van der Waals surface area contributed by atoms with Gasteiger partial charge in [0.15, 0.2) is 0 Å². The van der Waals surface area contributed by atoms with E-state index in [4.69, 9.17) is 9.47 Å². The smallest absolute Gasteiger partial charge is 0.132 e. The molecule has 0 aliphatic carbocycles. The maximum absolute atomic E-state index is 5.92. The molecule has 0 amide bonds. The Labute approximate surface area is 125 Å². The minimum Gasteiger partial charge on any atom is -0.497 e. The molecule has 0 fully saturated rings. The topological polar surface area (TPSA) is 48.3 Å². The van der Waals surface area contributed by atoms with Crippen LogP contribution in [0.2, 0.25) is 0 Å². The number of nitrogens with one attached hydrogen (secondary N) is 1. The van der Waals surface area contributed by atoms with E-state index in [0.717, 1.165) is 29.3 Å². The van der Waals surface area contributed by atoms with E-state index >= 15 is 0 Å². The van der Waals surface area contributed by atoms with E-state index < -0.39 is 0 Å². The van der Waals surface area contributed by atoms with Gasteiger partial charge in [0.25, 0.3) is 0 Å². The number of aryl methyl sites for hydroxylation is 1. The molecule has 1 aromatic carbocycles. The van der Waals surface area contributed by atoms with Gasteiger partial charge in [-0.15, -0.1) is 0 Å². The van der Waals surface area contributed by atoms with Crippen molar-refractivity contribution in [1.82, 2.24) is 15.1 Å². The Hall–Kier alpha value is -2.01. The van der Waals surface area contributed by atoms with Gasteiger partial charge in [-0.25, -0.2) is 0 Å². The van der Waals surface area contributed by atoms with E-state index in [1.165, 1.54) is 0 Å². The maximum Gasteiger partial charge on any atom is 0.132 e. The van der Waals surface area contributed by atoms with Gasteiger partial charge in [-0.05, 0) is 12.1 Å². The predicted molar refractivity (Wildman–Crippen MR) is 82.5 cm³/mol. The van der Waals surface area contributed by atoms with Crippen LogP contribution in [0.1, 0.15) is 25.1 Å². The molecule has 1 heterocycles. The van der Waals surface area contributed by atoms with Gasteiger partial charge < -0.3 is 14.8 Å². The first-order valence-electron chi connectivity index (χ1n) is 7.10. The third-order valence-corrected chi connectivity index (χ3v) is 3.12. The minimum atomic E-state index is 0.427. The Bertz CT molecular complexity index is 579. The molecule has 0 bridgehead atoms. The molecule has 0 aliphatic heterocycles. The lowest BCUT2D eigenvalue weighted by Gasteiger charge is -2.14. The highest BCUT2D eigenvalue weighted by Gasteiger charge is 2.08. The summed E-state index contributed by atoms with van der Waals surface area (Å²) < 4.78 is 13.0. The van der Waals surface area contributed by atoms with Gasteiger partial charge in [0.2, 0.25) is 0 Å². The molecule has 5 heteroatoms. The van der Waals surface area contributed by atoms with E-state index in [9.17, 15) is 0 Å². The summed E-state index contributed by atoms with van der Waals surface area (Å²) in [6.45, 7) is 5.46. The number of rotatable bonds is 7. The molecule has 0 saturated carbocycles. The lowest BCUT2D eigenvalue weighted by Crippen LogP contribution is -2.22. The molecule has 1 aromatic heterocycles. The molecule has 2 rings (SSSR count). The normalized spacial score (nSPS) is 10.9. The van der Waals surface area contributed by atoms with Crippen molar-refractivity contribution >= 4 is 0 Å². The molecule has 0 aliphatic rings. The summed E-state index contributed by atoms with van der Waals surface area (Å²) >= 11 is 0. The Balaban J connectivity index is 2.10. The van der Waals surface area contributed by atoms with Crippen molar-refractivity contribution in [3.05, 3.63) is 41.7 Å². The Morgan fingerprint density at radius 1 is 1.29 bits per heavy atom. The summed E-state index contributed by atoms with van der Waals surface area (Å²) in [5.41, 5.74) is 2.02. The van der Waals surface area contributed by atoms with E-state index in [1.54, 1.807) is 11.8 Å². The predicted octanol–water partition coefficient (Wildman–Crippen LogP) is 2.51. The summed E-state index contributed by atoms with van der Waals surface area (Å²) in [6, 6.07) is 8.27. The highest BCUT2D eigenvalue weighted by molar-refractivity contribution is 5.40. The summed E-state index contributed by atoms with van der Waals surface area (Å²) in [7, 11) is 3.55. The van der Waals surface area contributed by atoms with Gasteiger partial charge in [0, 0.05) is 37.5 Å². The van der Waals surface area contributed by atoms with E-state index in [2.05, 4.69) is 24.3 Å². The standard InChI is InChI=1S/C16H23N3O2/c1-12(2)17-10-13-5-6-15(20-4)9-16(13)21-11-14-7-8-19(3)18-14/h5-9,12,17H,10-11H2,1-4H3. The summed E-state index contributed by atoms with van der Waals surface area (Å²) in [5, 5.41) is 7.72. The quantitative estimate of drug-likeness (QED) is 0.851. The largest absolute Gasteiger partial charge is 0.497 e. The van der Waals surface area contributed by atoms with Gasteiger partial charge in [-0.3, -0.25) is 4.68 Å². The molecule has 2 aromatic rings. The zero-order valence-electron chi connectivity index (χ0n) is 13.1. The minimum absolute atomic E-state index is 0.427. The van der Waals surface area contributed by atoms with Crippen molar-refractivity contribution in [3.8, 4) is 11.5 Å². The molecule has 0 atom stereocenters. The second-order valence-electron chi connectivity index (χ2n) is 5.28. The third-order valence-electron chi connectivity index (χ3n) is 3.12. The second kappa shape index (κ2) is 7.13. The van der Waals surface area contributed by atoms with Crippen LogP contribution in [0.25, 0.3) is 0 Å². The molecule has 21 heavy (non-hydrogen) atoms. The summed E-state index contributed by atoms with van der Waals surface area (Å²) in [6.07, 6.45) is 1.91. The Morgan fingerprint density at radius 3 is 2.71 bits per heavy atom. The van der Waals surface area contributed by atoms with Gasteiger partial charge in [-0.1, -0.05) is 19.9 Å². The van der Waals surface area contributed by atoms with E-state index in [0.29, 0.717) is 12.6 Å². The lowest BCUT2D eigenvalue weighted by molar-refractivity contribution is 0.293. The number of hydrogen-bond acceptors (Lipinski definition) is 4. The summed E-state index contributed by atoms with van der Waals surface area (Å²) in [4.78, 5) is 0. The highest BCUT2D eigenvalue weighted by Crippen LogP contribution is 2.25.